The van der Waals surface area contributed by atoms with Crippen LogP contribution in [0.15, 0.2) is 374 Å². The van der Waals surface area contributed by atoms with E-state index in [1.165, 1.54) is 32.9 Å². The zero-order chi connectivity index (χ0) is 63.5. The average Bonchev–Trinajstić information content (AvgIpc) is 1.59. The molecule has 0 N–H and O–H groups in total. The molecule has 0 spiro atoms. The Kier molecular flexibility index (Phi) is 13.8. The maximum Gasteiger partial charge on any atom is 0.161 e. The van der Waals surface area contributed by atoms with Crippen LogP contribution in [0.2, 0.25) is 0 Å². The fourth-order valence-electron chi connectivity index (χ4n) is 14.5. The highest BCUT2D eigenvalue weighted by Gasteiger charge is 2.27. The van der Waals surface area contributed by atoms with Crippen molar-refractivity contribution >= 4 is 117 Å². The molecule has 3 heterocycles. The summed E-state index contributed by atoms with van der Waals surface area (Å²) in [7, 11) is 0. The van der Waals surface area contributed by atoms with Gasteiger partial charge in [-0.3, -0.25) is 0 Å². The molecule has 0 saturated heterocycles. The van der Waals surface area contributed by atoms with E-state index in [4.69, 9.17) is 4.42 Å². The number of benzene rings is 15. The summed E-state index contributed by atoms with van der Waals surface area (Å²) in [5.41, 5.74) is 24.5. The Balaban J connectivity index is 0.755. The number of rotatable bonds is 14. The summed E-state index contributed by atoms with van der Waals surface area (Å²) in [5, 5.41) is 6.78. The third-order valence-electron chi connectivity index (χ3n) is 18.8. The number of hydrogen-bond acceptors (Lipinski definition) is 4. The van der Waals surface area contributed by atoms with Gasteiger partial charge >= 0.3 is 0 Å². The van der Waals surface area contributed by atoms with Crippen molar-refractivity contribution in [3.8, 4) is 44.8 Å². The molecule has 0 saturated carbocycles. The topological polar surface area (TPSA) is 32.7 Å². The van der Waals surface area contributed by atoms with Crippen LogP contribution < -0.4 is 14.7 Å². The lowest BCUT2D eigenvalue weighted by atomic mass is 9.95. The third-order valence-corrected chi connectivity index (χ3v) is 18.8. The van der Waals surface area contributed by atoms with E-state index in [-0.39, 0.29) is 0 Å². The number of furan rings is 1. The molecule has 0 radical (unpaired) electrons. The Morgan fingerprint density at radius 3 is 1.09 bits per heavy atom. The molecule has 3 aromatic heterocycles. The van der Waals surface area contributed by atoms with Crippen LogP contribution in [-0.4, -0.2) is 9.13 Å². The molecular formula is C90H61N5O. The highest BCUT2D eigenvalue weighted by Crippen LogP contribution is 2.51. The van der Waals surface area contributed by atoms with Crippen molar-refractivity contribution in [2.24, 2.45) is 0 Å². The number of aromatic nitrogens is 2. The maximum absolute atomic E-state index is 7.26. The van der Waals surface area contributed by atoms with E-state index in [0.717, 1.165) is 129 Å². The highest BCUT2D eigenvalue weighted by atomic mass is 16.3. The molecule has 0 fully saturated rings. The lowest BCUT2D eigenvalue weighted by Gasteiger charge is -2.29. The minimum absolute atomic E-state index is 0.778. The van der Waals surface area contributed by atoms with Gasteiger partial charge < -0.3 is 28.3 Å². The summed E-state index contributed by atoms with van der Waals surface area (Å²) >= 11 is 0. The molecule has 0 unspecified atom stereocenters. The second-order valence-corrected chi connectivity index (χ2v) is 24.5. The molecule has 0 aliphatic heterocycles. The Hall–Kier alpha value is -12.9. The summed E-state index contributed by atoms with van der Waals surface area (Å²) in [6.45, 7) is 0. The van der Waals surface area contributed by atoms with E-state index in [1.807, 2.05) is 0 Å². The smallest absolute Gasteiger partial charge is 0.161 e. The van der Waals surface area contributed by atoms with Gasteiger partial charge in [0.2, 0.25) is 0 Å². The first kappa shape index (κ1) is 55.9. The van der Waals surface area contributed by atoms with Crippen LogP contribution in [0.4, 0.5) is 51.2 Å². The fourth-order valence-corrected chi connectivity index (χ4v) is 14.5. The van der Waals surface area contributed by atoms with Crippen molar-refractivity contribution in [2.45, 2.75) is 0 Å². The predicted octanol–water partition coefficient (Wildman–Crippen LogP) is 25.2. The van der Waals surface area contributed by atoms with Crippen molar-refractivity contribution in [3.63, 3.8) is 0 Å². The zero-order valence-electron chi connectivity index (χ0n) is 52.4. The van der Waals surface area contributed by atoms with Crippen molar-refractivity contribution in [1.82, 2.24) is 9.13 Å². The summed E-state index contributed by atoms with van der Waals surface area (Å²) in [6.07, 6.45) is 0. The van der Waals surface area contributed by atoms with E-state index in [0.29, 0.717) is 0 Å². The summed E-state index contributed by atoms with van der Waals surface area (Å²) in [4.78, 5) is 7.10. The summed E-state index contributed by atoms with van der Waals surface area (Å²) in [6, 6.07) is 133. The van der Waals surface area contributed by atoms with Crippen LogP contribution in [0.25, 0.3) is 110 Å². The van der Waals surface area contributed by atoms with Crippen LogP contribution in [-0.2, 0) is 0 Å². The Bertz CT molecular complexity index is 5860. The van der Waals surface area contributed by atoms with Gasteiger partial charge in [-0.25, -0.2) is 0 Å². The van der Waals surface area contributed by atoms with Crippen molar-refractivity contribution in [3.05, 3.63) is 370 Å². The average molecular weight is 1230 g/mol. The fraction of sp³-hybridized carbons (Fsp3) is 0. The van der Waals surface area contributed by atoms with Gasteiger partial charge in [0.25, 0.3) is 0 Å². The minimum atomic E-state index is 0.778. The monoisotopic (exact) mass is 1230 g/mol. The summed E-state index contributed by atoms with van der Waals surface area (Å²) in [5.74, 6) is 0. The normalized spacial score (nSPS) is 11.5. The second-order valence-electron chi connectivity index (χ2n) is 24.5. The van der Waals surface area contributed by atoms with Gasteiger partial charge in [-0.2, -0.15) is 0 Å². The van der Waals surface area contributed by atoms with E-state index < -0.39 is 0 Å². The molecule has 0 bridgehead atoms. The van der Waals surface area contributed by atoms with Crippen LogP contribution >= 0.6 is 0 Å². The van der Waals surface area contributed by atoms with Gasteiger partial charge in [0.15, 0.2) is 5.58 Å². The number of anilines is 9. The molecule has 6 heteroatoms. The summed E-state index contributed by atoms with van der Waals surface area (Å²) < 4.78 is 12.0. The van der Waals surface area contributed by atoms with Gasteiger partial charge in [-0.05, 0) is 203 Å². The minimum Gasteiger partial charge on any atom is -0.454 e. The van der Waals surface area contributed by atoms with Crippen LogP contribution in [0, 0.1) is 0 Å². The van der Waals surface area contributed by atoms with Gasteiger partial charge in [0.05, 0.1) is 38.8 Å². The predicted molar refractivity (Wildman–Crippen MR) is 403 cm³/mol. The number of nitrogens with zero attached hydrogens (tertiary/aromatic N) is 5. The Labute approximate surface area is 556 Å². The van der Waals surface area contributed by atoms with E-state index in [9.17, 15) is 0 Å². The van der Waals surface area contributed by atoms with Gasteiger partial charge in [-0.15, -0.1) is 0 Å². The van der Waals surface area contributed by atoms with Crippen molar-refractivity contribution < 1.29 is 4.42 Å². The van der Waals surface area contributed by atoms with Crippen LogP contribution in [0.1, 0.15) is 0 Å². The first-order valence-corrected chi connectivity index (χ1v) is 32.7. The van der Waals surface area contributed by atoms with Crippen LogP contribution in [0.5, 0.6) is 0 Å². The molecule has 15 aromatic carbocycles. The highest BCUT2D eigenvalue weighted by molar-refractivity contribution is 6.19. The molecule has 6 nitrogen and oxygen atoms in total. The van der Waals surface area contributed by atoms with Gasteiger partial charge in [-0.1, -0.05) is 200 Å². The molecule has 0 amide bonds. The third kappa shape index (κ3) is 9.74. The molecule has 0 atom stereocenters. The molecular weight excluding hydrogens is 1170 g/mol. The van der Waals surface area contributed by atoms with E-state index >= 15 is 0 Å². The Morgan fingerprint density at radius 1 is 0.208 bits per heavy atom. The van der Waals surface area contributed by atoms with Crippen LogP contribution in [0.3, 0.4) is 0 Å². The first-order chi connectivity index (χ1) is 47.6. The SMILES string of the molecule is c1ccc(N(c2ccccc2)c2ccc3c(c2)c2cc(N(c4ccccc4)c4ccc(N(c5ccccc5)c5cccc(-c6cccc(-c7cccc(-c8ccc9c(c8)c8ccccc8n9-c8ccccc8)c7)c6)c5)c5oc6ccccc6c45)ccc2n3-c2ccccc2)cc1. The van der Waals surface area contributed by atoms with E-state index in [2.05, 4.69) is 394 Å². The standard InChI is InChI=1S/C90H61N5O/c1-7-31-68(32-8-1)91(69-33-9-2-10-34-69)75-49-52-84-80(60-75)81-61-76(50-53-85(81)95(84)73-41-17-6-18-42-73)92(70-35-11-3-12-36-70)86-54-55-87(90-89(86)78-45-20-22-47-88(78)96-90)93(71-37-13-4-14-38-71)74-43-25-30-66(58-74)64-28-23-26-62(56-64)63-27-24-29-65(57-63)67-48-51-83-79(59-67)77-44-19-21-46-82(77)94(83)72-39-15-5-16-40-72/h1-61H. The largest absolute Gasteiger partial charge is 0.454 e. The second kappa shape index (κ2) is 23.7. The van der Waals surface area contributed by atoms with Gasteiger partial charge in [0, 0.05) is 78.1 Å². The van der Waals surface area contributed by atoms with Crippen molar-refractivity contribution in [2.75, 3.05) is 14.7 Å². The zero-order valence-corrected chi connectivity index (χ0v) is 52.4. The molecule has 452 valence electrons. The molecule has 18 aromatic rings. The van der Waals surface area contributed by atoms with Crippen molar-refractivity contribution in [1.29, 1.82) is 0 Å². The number of para-hydroxylation sites is 8. The quantitative estimate of drug-likeness (QED) is 0.109. The molecule has 18 rings (SSSR count). The lowest BCUT2D eigenvalue weighted by molar-refractivity contribution is 0.669. The van der Waals surface area contributed by atoms with Gasteiger partial charge in [0.1, 0.15) is 5.58 Å². The molecule has 96 heavy (non-hydrogen) atoms. The first-order valence-electron chi connectivity index (χ1n) is 32.7. The van der Waals surface area contributed by atoms with E-state index in [1.54, 1.807) is 0 Å². The lowest BCUT2D eigenvalue weighted by Crippen LogP contribution is -2.13. The molecule has 0 aliphatic carbocycles. The Morgan fingerprint density at radius 2 is 0.562 bits per heavy atom. The number of hydrogen-bond donors (Lipinski definition) is 0. The molecule has 0 aliphatic rings. The maximum atomic E-state index is 7.26. The number of fused-ring (bicyclic) bond motifs is 9.